The molecule has 2 N–H and O–H groups in total. The van der Waals surface area contributed by atoms with E-state index < -0.39 is 0 Å². The number of amides is 1. The third kappa shape index (κ3) is 2.97. The topological polar surface area (TPSA) is 88.5 Å². The normalized spacial score (nSPS) is 14.6. The van der Waals surface area contributed by atoms with Gasteiger partial charge in [0.05, 0.1) is 39.6 Å². The zero-order chi connectivity index (χ0) is 20.3. The van der Waals surface area contributed by atoms with Crippen molar-refractivity contribution in [1.82, 2.24) is 25.0 Å². The minimum Gasteiger partial charge on any atom is -0.320 e. The van der Waals surface area contributed by atoms with E-state index >= 15 is 0 Å². The van der Waals surface area contributed by atoms with Crippen molar-refractivity contribution < 1.29 is 4.79 Å². The molecule has 1 fully saturated rings. The largest absolute Gasteiger partial charge is 0.320 e. The van der Waals surface area contributed by atoms with Crippen molar-refractivity contribution in [2.75, 3.05) is 5.32 Å². The Morgan fingerprint density at radius 1 is 1.28 bits per heavy atom. The first-order valence-corrected chi connectivity index (χ1v) is 9.97. The summed E-state index contributed by atoms with van der Waals surface area (Å²) >= 11 is 0. The minimum absolute atomic E-state index is 0.155. The Morgan fingerprint density at radius 3 is 2.79 bits per heavy atom. The van der Waals surface area contributed by atoms with Crippen LogP contribution in [0.5, 0.6) is 0 Å². The van der Waals surface area contributed by atoms with Gasteiger partial charge in [0.25, 0.3) is 5.91 Å². The van der Waals surface area contributed by atoms with E-state index in [2.05, 4.69) is 36.3 Å². The molecule has 0 unspecified atom stereocenters. The number of hydrogen-bond donors (Lipinski definition) is 2. The fourth-order valence-electron chi connectivity index (χ4n) is 3.81. The summed E-state index contributed by atoms with van der Waals surface area (Å²) in [7, 11) is 0. The Kier molecular flexibility index (Phi) is 3.78. The molecule has 1 amide bonds. The van der Waals surface area contributed by atoms with Crippen molar-refractivity contribution in [3.63, 3.8) is 0 Å². The van der Waals surface area contributed by atoms with Crippen LogP contribution >= 0.6 is 0 Å². The first-order chi connectivity index (χ1) is 13.8. The number of pyridine rings is 1. The highest BCUT2D eigenvalue weighted by Crippen LogP contribution is 2.41. The molecule has 0 spiro atoms. The lowest BCUT2D eigenvalue weighted by Gasteiger charge is -2.20. The molecule has 1 saturated carbocycles. The van der Waals surface area contributed by atoms with Crippen LogP contribution in [0.3, 0.4) is 0 Å². The molecule has 1 aliphatic rings. The van der Waals surface area contributed by atoms with Crippen LogP contribution in [0.1, 0.15) is 61.3 Å². The highest BCUT2D eigenvalue weighted by Gasteiger charge is 2.30. The summed E-state index contributed by atoms with van der Waals surface area (Å²) in [5.41, 5.74) is 4.50. The molecule has 5 rings (SSSR count). The van der Waals surface area contributed by atoms with Crippen LogP contribution < -0.4 is 5.32 Å². The summed E-state index contributed by atoms with van der Waals surface area (Å²) in [5.74, 6) is 0.281. The standard InChI is InChI=1S/C22H24N6O/c1-12-18-15(21(29)25-16-7-5-6-14-11-23-26-19(14)16)10-17(13-8-9-13)24-20(18)28(27-12)22(2,3)4/h5-7,10-11,13H,8-9H2,1-4H3,(H,23,26)(H,25,29). The minimum atomic E-state index is -0.225. The van der Waals surface area contributed by atoms with Gasteiger partial charge < -0.3 is 5.32 Å². The Labute approximate surface area is 168 Å². The van der Waals surface area contributed by atoms with E-state index in [-0.39, 0.29) is 11.4 Å². The van der Waals surface area contributed by atoms with E-state index in [1.54, 1.807) is 6.20 Å². The number of carbonyl (C=O) groups excluding carboxylic acids is 1. The van der Waals surface area contributed by atoms with Crippen molar-refractivity contribution in [1.29, 1.82) is 0 Å². The molecule has 0 aliphatic heterocycles. The molecular weight excluding hydrogens is 364 g/mol. The van der Waals surface area contributed by atoms with Gasteiger partial charge in [-0.05, 0) is 52.7 Å². The predicted octanol–water partition coefficient (Wildman–Crippen LogP) is 4.50. The number of anilines is 1. The summed E-state index contributed by atoms with van der Waals surface area (Å²) < 4.78 is 1.94. The van der Waals surface area contributed by atoms with Gasteiger partial charge in [-0.25, -0.2) is 9.67 Å². The van der Waals surface area contributed by atoms with Crippen LogP contribution in [0.4, 0.5) is 5.69 Å². The number of hydrogen-bond acceptors (Lipinski definition) is 4. The molecule has 0 atom stereocenters. The summed E-state index contributed by atoms with van der Waals surface area (Å²) in [6.45, 7) is 8.24. The predicted molar refractivity (Wildman–Crippen MR) is 113 cm³/mol. The molecule has 3 aromatic heterocycles. The number of rotatable bonds is 3. The first kappa shape index (κ1) is 17.8. The highest BCUT2D eigenvalue weighted by molar-refractivity contribution is 6.14. The quantitative estimate of drug-likeness (QED) is 0.541. The van der Waals surface area contributed by atoms with E-state index in [1.165, 1.54) is 0 Å². The lowest BCUT2D eigenvalue weighted by molar-refractivity contribution is 0.102. The Hall–Kier alpha value is -3.22. The van der Waals surface area contributed by atoms with Crippen LogP contribution in [0.25, 0.3) is 21.9 Å². The molecule has 4 aromatic rings. The number of aryl methyl sites for hydroxylation is 1. The number of para-hydroxylation sites is 1. The van der Waals surface area contributed by atoms with Gasteiger partial charge in [-0.15, -0.1) is 0 Å². The van der Waals surface area contributed by atoms with Crippen molar-refractivity contribution in [2.24, 2.45) is 0 Å². The smallest absolute Gasteiger partial charge is 0.256 e. The zero-order valence-electron chi connectivity index (χ0n) is 17.1. The molecule has 7 nitrogen and oxygen atoms in total. The Morgan fingerprint density at radius 2 is 2.07 bits per heavy atom. The highest BCUT2D eigenvalue weighted by atomic mass is 16.1. The average Bonchev–Trinajstić information content (AvgIpc) is 3.30. The van der Waals surface area contributed by atoms with Crippen LogP contribution in [0, 0.1) is 6.92 Å². The summed E-state index contributed by atoms with van der Waals surface area (Å²) in [6, 6.07) is 7.70. The van der Waals surface area contributed by atoms with Gasteiger partial charge in [-0.1, -0.05) is 12.1 Å². The number of H-pyrrole nitrogens is 1. The van der Waals surface area contributed by atoms with Crippen molar-refractivity contribution in [3.05, 3.63) is 47.4 Å². The summed E-state index contributed by atoms with van der Waals surface area (Å²) in [4.78, 5) is 18.3. The number of aromatic nitrogens is 5. The molecule has 0 radical (unpaired) electrons. The van der Waals surface area contributed by atoms with E-state index in [0.717, 1.165) is 46.2 Å². The van der Waals surface area contributed by atoms with Gasteiger partial charge in [-0.3, -0.25) is 9.89 Å². The van der Waals surface area contributed by atoms with E-state index in [4.69, 9.17) is 10.1 Å². The van der Waals surface area contributed by atoms with Crippen molar-refractivity contribution in [2.45, 2.75) is 52.0 Å². The number of fused-ring (bicyclic) bond motifs is 2. The molecule has 148 valence electrons. The second-order valence-corrected chi connectivity index (χ2v) is 8.83. The number of nitrogens with one attached hydrogen (secondary N) is 2. The lowest BCUT2D eigenvalue weighted by atomic mass is 10.1. The number of carbonyl (C=O) groups is 1. The maximum Gasteiger partial charge on any atom is 0.256 e. The molecule has 0 saturated heterocycles. The van der Waals surface area contributed by atoms with E-state index in [0.29, 0.717) is 17.2 Å². The lowest BCUT2D eigenvalue weighted by Crippen LogP contribution is -2.23. The number of aromatic amines is 1. The van der Waals surface area contributed by atoms with E-state index in [1.807, 2.05) is 35.9 Å². The molecule has 29 heavy (non-hydrogen) atoms. The summed E-state index contributed by atoms with van der Waals surface area (Å²) in [6.07, 6.45) is 3.99. The van der Waals surface area contributed by atoms with Crippen molar-refractivity contribution >= 4 is 33.5 Å². The van der Waals surface area contributed by atoms with Crippen LogP contribution in [0.2, 0.25) is 0 Å². The molecule has 1 aromatic carbocycles. The second-order valence-electron chi connectivity index (χ2n) is 8.83. The molecule has 7 heteroatoms. The maximum atomic E-state index is 13.4. The zero-order valence-corrected chi connectivity index (χ0v) is 17.1. The van der Waals surface area contributed by atoms with Crippen molar-refractivity contribution in [3.8, 4) is 0 Å². The molecule has 3 heterocycles. The van der Waals surface area contributed by atoms with Gasteiger partial charge >= 0.3 is 0 Å². The number of benzene rings is 1. The fourth-order valence-corrected chi connectivity index (χ4v) is 3.81. The molecular formula is C22H24N6O. The second kappa shape index (κ2) is 6.14. The van der Waals surface area contributed by atoms with Crippen LogP contribution in [-0.2, 0) is 5.54 Å². The van der Waals surface area contributed by atoms with Crippen LogP contribution in [0.15, 0.2) is 30.5 Å². The number of nitrogens with zero attached hydrogens (tertiary/aromatic N) is 4. The van der Waals surface area contributed by atoms with Gasteiger partial charge in [0.15, 0.2) is 5.65 Å². The fraction of sp³-hybridized carbons (Fsp3) is 0.364. The molecule has 1 aliphatic carbocycles. The monoisotopic (exact) mass is 388 g/mol. The average molecular weight is 388 g/mol. The van der Waals surface area contributed by atoms with Gasteiger partial charge in [0, 0.05) is 17.0 Å². The van der Waals surface area contributed by atoms with Gasteiger partial charge in [0.2, 0.25) is 0 Å². The Balaban J connectivity index is 1.66. The maximum absolute atomic E-state index is 13.4. The Bertz CT molecular complexity index is 1260. The SMILES string of the molecule is Cc1nn(C(C)(C)C)c2nc(C3CC3)cc(C(=O)Nc3cccc4cn[nH]c34)c12. The molecule has 0 bridgehead atoms. The van der Waals surface area contributed by atoms with Gasteiger partial charge in [-0.2, -0.15) is 10.2 Å². The van der Waals surface area contributed by atoms with E-state index in [9.17, 15) is 4.79 Å². The third-order valence-corrected chi connectivity index (χ3v) is 5.43. The summed E-state index contributed by atoms with van der Waals surface area (Å²) in [5, 5.41) is 16.6. The van der Waals surface area contributed by atoms with Gasteiger partial charge in [0.1, 0.15) is 0 Å². The van der Waals surface area contributed by atoms with Crippen LogP contribution in [-0.4, -0.2) is 30.9 Å². The first-order valence-electron chi connectivity index (χ1n) is 9.97. The third-order valence-electron chi connectivity index (χ3n) is 5.43.